The summed E-state index contributed by atoms with van der Waals surface area (Å²) in [6.07, 6.45) is 5.31. The molecule has 1 aliphatic carbocycles. The fourth-order valence-electron chi connectivity index (χ4n) is 3.43. The smallest absolute Gasteiger partial charge is 0.267 e. The molecule has 0 saturated carbocycles. The van der Waals surface area contributed by atoms with Gasteiger partial charge in [0.25, 0.3) is 5.56 Å². The van der Waals surface area contributed by atoms with Crippen molar-refractivity contribution in [3.05, 3.63) is 33.2 Å². The van der Waals surface area contributed by atoms with Crippen molar-refractivity contribution in [2.24, 2.45) is 5.92 Å². The van der Waals surface area contributed by atoms with Crippen LogP contribution in [0.25, 0.3) is 0 Å². The van der Waals surface area contributed by atoms with E-state index in [9.17, 15) is 4.79 Å². The largest absolute Gasteiger partial charge is 0.347 e. The first-order valence-electron chi connectivity index (χ1n) is 7.90. The summed E-state index contributed by atoms with van der Waals surface area (Å²) >= 11 is 1.59. The SMILES string of the molecule is O=c1cc2c(nn1CC1CCN(c3nncs3)CC1)CCC2. The van der Waals surface area contributed by atoms with E-state index in [1.807, 2.05) is 0 Å². The van der Waals surface area contributed by atoms with Gasteiger partial charge in [-0.05, 0) is 43.6 Å². The first-order chi connectivity index (χ1) is 10.8. The van der Waals surface area contributed by atoms with Crippen LogP contribution in [-0.4, -0.2) is 33.1 Å². The van der Waals surface area contributed by atoms with Gasteiger partial charge in [0.05, 0.1) is 5.69 Å². The van der Waals surface area contributed by atoms with Gasteiger partial charge in [0.2, 0.25) is 5.13 Å². The second-order valence-corrected chi connectivity index (χ2v) is 6.95. The standard InChI is InChI=1S/C15H19N5OS/c21-14-8-12-2-1-3-13(12)18-20(14)9-11-4-6-19(7-5-11)15-17-16-10-22-15/h8,10-11H,1-7,9H2. The van der Waals surface area contributed by atoms with Gasteiger partial charge in [0.1, 0.15) is 5.51 Å². The van der Waals surface area contributed by atoms with E-state index in [-0.39, 0.29) is 5.56 Å². The van der Waals surface area contributed by atoms with Crippen molar-refractivity contribution in [3.8, 4) is 0 Å². The van der Waals surface area contributed by atoms with E-state index < -0.39 is 0 Å². The van der Waals surface area contributed by atoms with Crippen molar-refractivity contribution in [3.63, 3.8) is 0 Å². The summed E-state index contributed by atoms with van der Waals surface area (Å²) in [5, 5.41) is 13.6. The maximum absolute atomic E-state index is 12.2. The Morgan fingerprint density at radius 2 is 2.14 bits per heavy atom. The fraction of sp³-hybridized carbons (Fsp3) is 0.600. The van der Waals surface area contributed by atoms with Crippen LogP contribution in [-0.2, 0) is 19.4 Å². The number of anilines is 1. The third-order valence-corrected chi connectivity index (χ3v) is 5.44. The number of hydrogen-bond donors (Lipinski definition) is 0. The third-order valence-electron chi connectivity index (χ3n) is 4.69. The molecule has 7 heteroatoms. The van der Waals surface area contributed by atoms with Crippen LogP contribution in [0.4, 0.5) is 5.13 Å². The van der Waals surface area contributed by atoms with Gasteiger partial charge >= 0.3 is 0 Å². The molecule has 0 amide bonds. The highest BCUT2D eigenvalue weighted by Gasteiger charge is 2.23. The van der Waals surface area contributed by atoms with Crippen LogP contribution in [0, 0.1) is 5.92 Å². The normalized spacial score (nSPS) is 18.6. The number of nitrogens with zero attached hydrogens (tertiary/aromatic N) is 5. The number of piperidine rings is 1. The molecule has 4 rings (SSSR count). The minimum Gasteiger partial charge on any atom is -0.347 e. The topological polar surface area (TPSA) is 63.9 Å². The Labute approximate surface area is 132 Å². The fourth-order valence-corrected chi connectivity index (χ4v) is 4.04. The quantitative estimate of drug-likeness (QED) is 0.858. The molecule has 1 fully saturated rings. The Bertz CT molecular complexity index is 703. The summed E-state index contributed by atoms with van der Waals surface area (Å²) in [5.74, 6) is 0.522. The van der Waals surface area contributed by atoms with Crippen LogP contribution in [0.1, 0.15) is 30.5 Å². The maximum atomic E-state index is 12.2. The molecule has 2 aromatic rings. The van der Waals surface area contributed by atoms with Crippen molar-refractivity contribution in [1.82, 2.24) is 20.0 Å². The molecule has 2 aromatic heterocycles. The summed E-state index contributed by atoms with van der Waals surface area (Å²) in [5.41, 5.74) is 4.13. The van der Waals surface area contributed by atoms with Crippen LogP contribution in [0.15, 0.2) is 16.4 Å². The lowest BCUT2D eigenvalue weighted by Gasteiger charge is -2.31. The van der Waals surface area contributed by atoms with Crippen LogP contribution < -0.4 is 10.5 Å². The zero-order chi connectivity index (χ0) is 14.9. The first-order valence-corrected chi connectivity index (χ1v) is 8.78. The number of aromatic nitrogens is 4. The van der Waals surface area contributed by atoms with Crippen molar-refractivity contribution >= 4 is 16.5 Å². The minimum absolute atomic E-state index is 0.0622. The highest BCUT2D eigenvalue weighted by Crippen LogP contribution is 2.25. The predicted octanol–water partition coefficient (Wildman–Crippen LogP) is 1.50. The van der Waals surface area contributed by atoms with Crippen molar-refractivity contribution in [2.45, 2.75) is 38.6 Å². The molecule has 22 heavy (non-hydrogen) atoms. The molecule has 1 saturated heterocycles. The molecule has 6 nitrogen and oxygen atoms in total. The van der Waals surface area contributed by atoms with Crippen molar-refractivity contribution < 1.29 is 0 Å². The van der Waals surface area contributed by atoms with E-state index >= 15 is 0 Å². The molecular weight excluding hydrogens is 298 g/mol. The van der Waals surface area contributed by atoms with Gasteiger partial charge in [-0.1, -0.05) is 11.3 Å². The van der Waals surface area contributed by atoms with E-state index in [4.69, 9.17) is 0 Å². The van der Waals surface area contributed by atoms with Gasteiger partial charge in [-0.15, -0.1) is 10.2 Å². The molecule has 0 unspecified atom stereocenters. The van der Waals surface area contributed by atoms with Gasteiger partial charge in [0.15, 0.2) is 0 Å². The molecule has 116 valence electrons. The molecule has 2 aliphatic rings. The number of hydrogen-bond acceptors (Lipinski definition) is 6. The average molecular weight is 317 g/mol. The minimum atomic E-state index is 0.0622. The molecular formula is C15H19N5OS. The molecule has 0 bridgehead atoms. The Morgan fingerprint density at radius 1 is 1.27 bits per heavy atom. The number of fused-ring (bicyclic) bond motifs is 1. The summed E-state index contributed by atoms with van der Waals surface area (Å²) in [4.78, 5) is 14.5. The van der Waals surface area contributed by atoms with Crippen molar-refractivity contribution in [2.75, 3.05) is 18.0 Å². The van der Waals surface area contributed by atoms with Gasteiger partial charge in [0, 0.05) is 25.7 Å². The lowest BCUT2D eigenvalue weighted by Crippen LogP contribution is -2.37. The van der Waals surface area contributed by atoms with Gasteiger partial charge < -0.3 is 4.90 Å². The van der Waals surface area contributed by atoms with Gasteiger partial charge in [-0.2, -0.15) is 5.10 Å². The van der Waals surface area contributed by atoms with Crippen LogP contribution in [0.2, 0.25) is 0 Å². The lowest BCUT2D eigenvalue weighted by molar-refractivity contribution is 0.333. The maximum Gasteiger partial charge on any atom is 0.267 e. The zero-order valence-corrected chi connectivity index (χ0v) is 13.3. The lowest BCUT2D eigenvalue weighted by atomic mass is 9.97. The molecule has 1 aliphatic heterocycles. The predicted molar refractivity (Wildman–Crippen MR) is 85.4 cm³/mol. The Balaban J connectivity index is 1.42. The Morgan fingerprint density at radius 3 is 2.91 bits per heavy atom. The molecule has 0 atom stereocenters. The van der Waals surface area contributed by atoms with E-state index in [1.54, 1.807) is 27.6 Å². The molecule has 0 spiro atoms. The Hall–Kier alpha value is -1.76. The second kappa shape index (κ2) is 5.79. The highest BCUT2D eigenvalue weighted by atomic mass is 32.1. The summed E-state index contributed by atoms with van der Waals surface area (Å²) in [7, 11) is 0. The van der Waals surface area contributed by atoms with E-state index in [0.717, 1.165) is 68.1 Å². The highest BCUT2D eigenvalue weighted by molar-refractivity contribution is 7.13. The Kier molecular flexibility index (Phi) is 3.65. The number of rotatable bonds is 3. The van der Waals surface area contributed by atoms with Crippen molar-refractivity contribution in [1.29, 1.82) is 0 Å². The van der Waals surface area contributed by atoms with Crippen LogP contribution in [0.5, 0.6) is 0 Å². The van der Waals surface area contributed by atoms with Crippen LogP contribution in [0.3, 0.4) is 0 Å². The van der Waals surface area contributed by atoms with E-state index in [1.165, 1.54) is 0 Å². The summed E-state index contributed by atoms with van der Waals surface area (Å²) < 4.78 is 1.69. The summed E-state index contributed by atoms with van der Waals surface area (Å²) in [6, 6.07) is 1.80. The zero-order valence-electron chi connectivity index (χ0n) is 12.4. The van der Waals surface area contributed by atoms with E-state index in [0.29, 0.717) is 5.92 Å². The second-order valence-electron chi connectivity index (χ2n) is 6.14. The molecule has 3 heterocycles. The number of aryl methyl sites for hydroxylation is 2. The van der Waals surface area contributed by atoms with Gasteiger partial charge in [-0.25, -0.2) is 4.68 Å². The van der Waals surface area contributed by atoms with Gasteiger partial charge in [-0.3, -0.25) is 4.79 Å². The summed E-state index contributed by atoms with van der Waals surface area (Å²) in [6.45, 7) is 2.72. The molecule has 0 radical (unpaired) electrons. The third kappa shape index (κ3) is 2.65. The molecule has 0 N–H and O–H groups in total. The average Bonchev–Trinajstić information content (AvgIpc) is 3.19. The monoisotopic (exact) mass is 317 g/mol. The van der Waals surface area contributed by atoms with Crippen LogP contribution >= 0.6 is 11.3 Å². The first kappa shape index (κ1) is 13.9. The molecule has 0 aromatic carbocycles. The van der Waals surface area contributed by atoms with E-state index in [2.05, 4.69) is 20.2 Å².